The molecule has 1 amide bonds. The fourth-order valence-electron chi connectivity index (χ4n) is 3.32. The van der Waals surface area contributed by atoms with E-state index in [-0.39, 0.29) is 16.9 Å². The summed E-state index contributed by atoms with van der Waals surface area (Å²) in [5.74, 6) is -0.934. The lowest BCUT2D eigenvalue weighted by Gasteiger charge is -2.33. The Kier molecular flexibility index (Phi) is 8.04. The normalized spacial score (nSPS) is 13.8. The lowest BCUT2D eigenvalue weighted by atomic mass is 9.98. The van der Waals surface area contributed by atoms with Crippen molar-refractivity contribution < 1.29 is 26.4 Å². The summed E-state index contributed by atoms with van der Waals surface area (Å²) in [6, 6.07) is 9.49. The number of rotatable bonds is 8. The third-order valence-corrected chi connectivity index (χ3v) is 6.03. The van der Waals surface area contributed by atoms with Crippen LogP contribution in [-0.2, 0) is 14.6 Å². The maximum Gasteiger partial charge on any atom is 0.413 e. The van der Waals surface area contributed by atoms with E-state index in [0.29, 0.717) is 22.4 Å². The number of hydrogen-bond donors (Lipinski definition) is 1. The van der Waals surface area contributed by atoms with Crippen molar-refractivity contribution in [1.29, 1.82) is 5.26 Å². The van der Waals surface area contributed by atoms with E-state index in [2.05, 4.69) is 0 Å². The maximum absolute atomic E-state index is 14.0. The molecule has 0 aromatic heterocycles. The van der Waals surface area contributed by atoms with Crippen LogP contribution in [0.15, 0.2) is 53.4 Å². The Labute approximate surface area is 185 Å². The number of halogens is 3. The zero-order valence-corrected chi connectivity index (χ0v) is 18.4. The zero-order valence-electron chi connectivity index (χ0n) is 17.6. The van der Waals surface area contributed by atoms with Gasteiger partial charge in [0.15, 0.2) is 15.9 Å². The Morgan fingerprint density at radius 2 is 1.59 bits per heavy atom. The van der Waals surface area contributed by atoms with Crippen LogP contribution in [0.2, 0.25) is 0 Å². The third kappa shape index (κ3) is 6.08. The van der Waals surface area contributed by atoms with Gasteiger partial charge in [0, 0.05) is 6.26 Å². The van der Waals surface area contributed by atoms with Crippen LogP contribution < -0.4 is 5.73 Å². The minimum absolute atomic E-state index is 0.129. The molecule has 0 fully saturated rings. The first kappa shape index (κ1) is 25.4. The van der Waals surface area contributed by atoms with Gasteiger partial charge < -0.3 is 10.6 Å². The number of nitrogens with zero attached hydrogens (tertiary/aromatic N) is 2. The Morgan fingerprint density at radius 3 is 2.00 bits per heavy atom. The first-order chi connectivity index (χ1) is 14.9. The van der Waals surface area contributed by atoms with Gasteiger partial charge in [-0.25, -0.2) is 8.42 Å². The summed E-state index contributed by atoms with van der Waals surface area (Å²) in [5, 5.41) is 9.04. The Morgan fingerprint density at radius 1 is 1.09 bits per heavy atom. The molecule has 2 N–H and O–H groups in total. The molecule has 0 aliphatic rings. The molecular weight excluding hydrogens is 443 g/mol. The maximum atomic E-state index is 14.0. The zero-order chi connectivity index (χ0) is 24.1. The van der Waals surface area contributed by atoms with Crippen LogP contribution in [0.25, 0.3) is 11.1 Å². The highest BCUT2D eigenvalue weighted by molar-refractivity contribution is 7.90. The van der Waals surface area contributed by atoms with E-state index >= 15 is 0 Å². The molecule has 0 aliphatic carbocycles. The first-order valence-corrected chi connectivity index (χ1v) is 11.7. The molecule has 6 nitrogen and oxygen atoms in total. The number of carbonyl (C=O) groups is 1. The number of carbonyl (C=O) groups excluding carboxylic acids is 1. The van der Waals surface area contributed by atoms with E-state index in [4.69, 9.17) is 11.0 Å². The van der Waals surface area contributed by atoms with Crippen molar-refractivity contribution in [3.8, 4) is 17.2 Å². The van der Waals surface area contributed by atoms with E-state index in [1.807, 2.05) is 0 Å². The average molecular weight is 468 g/mol. The summed E-state index contributed by atoms with van der Waals surface area (Å²) >= 11 is 0. The monoisotopic (exact) mass is 467 g/mol. The van der Waals surface area contributed by atoms with Crippen LogP contribution in [0.5, 0.6) is 0 Å². The van der Waals surface area contributed by atoms with Crippen molar-refractivity contribution >= 4 is 15.7 Å². The fourth-order valence-corrected chi connectivity index (χ4v) is 3.95. The molecule has 10 heteroatoms. The third-order valence-electron chi connectivity index (χ3n) is 4.90. The van der Waals surface area contributed by atoms with Crippen LogP contribution in [0.3, 0.4) is 0 Å². The van der Waals surface area contributed by atoms with Crippen LogP contribution in [0, 0.1) is 11.3 Å². The summed E-state index contributed by atoms with van der Waals surface area (Å²) in [6.07, 6.45) is -3.03. The highest BCUT2D eigenvalue weighted by Crippen LogP contribution is 2.38. The number of alkyl halides is 3. The highest BCUT2D eigenvalue weighted by Gasteiger charge is 2.47. The van der Waals surface area contributed by atoms with Gasteiger partial charge in [0.05, 0.1) is 17.0 Å². The van der Waals surface area contributed by atoms with Gasteiger partial charge in [0.25, 0.3) is 0 Å². The van der Waals surface area contributed by atoms with Crippen LogP contribution in [0.4, 0.5) is 13.2 Å². The van der Waals surface area contributed by atoms with E-state index in [0.717, 1.165) is 6.26 Å². The van der Waals surface area contributed by atoms with Crippen molar-refractivity contribution in [1.82, 2.24) is 4.90 Å². The van der Waals surface area contributed by atoms with Crippen LogP contribution >= 0.6 is 0 Å². The molecular formula is C22H24F3N3O3S. The molecule has 0 bridgehead atoms. The molecule has 0 unspecified atom stereocenters. The molecule has 172 valence electrons. The number of nitrogens with two attached hydrogens (primary N) is 1. The number of benzene rings is 2. The lowest BCUT2D eigenvalue weighted by Crippen LogP contribution is -2.49. The van der Waals surface area contributed by atoms with E-state index in [1.165, 1.54) is 36.4 Å². The predicted molar refractivity (Wildman–Crippen MR) is 114 cm³/mol. The quantitative estimate of drug-likeness (QED) is 0.594. The average Bonchev–Trinajstić information content (AvgIpc) is 2.72. The van der Waals surface area contributed by atoms with Crippen LogP contribution in [0.1, 0.15) is 31.4 Å². The van der Waals surface area contributed by atoms with E-state index in [9.17, 15) is 26.4 Å². The second kappa shape index (κ2) is 10.1. The Balaban J connectivity index is 2.42. The number of nitriles is 1. The molecule has 0 saturated carbocycles. The van der Waals surface area contributed by atoms with Crippen molar-refractivity contribution in [2.75, 3.05) is 12.8 Å². The number of hydrogen-bond acceptors (Lipinski definition) is 5. The number of sulfone groups is 1. The Bertz CT molecular complexity index is 1080. The minimum Gasteiger partial charge on any atom is -0.320 e. The van der Waals surface area contributed by atoms with Crippen molar-refractivity contribution in [3.05, 3.63) is 54.1 Å². The van der Waals surface area contributed by atoms with Crippen LogP contribution in [-0.4, -0.2) is 44.2 Å². The van der Waals surface area contributed by atoms with Gasteiger partial charge in [0.1, 0.15) is 6.54 Å². The first-order valence-electron chi connectivity index (χ1n) is 9.80. The highest BCUT2D eigenvalue weighted by atomic mass is 32.2. The smallest absolute Gasteiger partial charge is 0.320 e. The topological polar surface area (TPSA) is 104 Å². The standard InChI is InChI=1S/C22H24F3N3O3S/c1-3-4-19(27)21(29)28(14-13-26)20(22(23,24)25)17-7-5-15(6-8-17)16-9-11-18(12-10-16)32(2,30)31/h5-12,19-20H,3-4,14,27H2,1-2H3/t19-,20+/m0/s1. The summed E-state index contributed by atoms with van der Waals surface area (Å²) in [7, 11) is -3.37. The minimum atomic E-state index is -4.82. The van der Waals surface area contributed by atoms with Gasteiger partial charge in [-0.05, 0) is 35.2 Å². The van der Waals surface area contributed by atoms with Crippen molar-refractivity contribution in [2.45, 2.75) is 42.9 Å². The van der Waals surface area contributed by atoms with Crippen molar-refractivity contribution in [2.24, 2.45) is 5.73 Å². The summed E-state index contributed by atoms with van der Waals surface area (Å²) in [5.41, 5.74) is 6.72. The molecule has 0 radical (unpaired) electrons. The molecule has 2 atom stereocenters. The molecule has 2 aromatic rings. The SMILES string of the molecule is CCC[C@H](N)C(=O)N(CC#N)[C@H](c1ccc(-c2ccc(S(C)(=O)=O)cc2)cc1)C(F)(F)F. The molecule has 0 spiro atoms. The van der Waals surface area contributed by atoms with Gasteiger partial charge in [-0.2, -0.15) is 18.4 Å². The molecule has 2 aromatic carbocycles. The van der Waals surface area contributed by atoms with E-state index < -0.39 is 40.5 Å². The lowest BCUT2D eigenvalue weighted by molar-refractivity contribution is -0.191. The predicted octanol–water partition coefficient (Wildman–Crippen LogP) is 3.84. The van der Waals surface area contributed by atoms with Gasteiger partial charge in [-0.15, -0.1) is 0 Å². The largest absolute Gasteiger partial charge is 0.413 e. The Hall–Kier alpha value is -2.90. The summed E-state index contributed by atoms with van der Waals surface area (Å²) < 4.78 is 65.1. The van der Waals surface area contributed by atoms with Gasteiger partial charge >= 0.3 is 6.18 Å². The molecule has 0 saturated heterocycles. The second-order valence-electron chi connectivity index (χ2n) is 7.38. The molecule has 0 aliphatic heterocycles. The molecule has 0 heterocycles. The summed E-state index contributed by atoms with van der Waals surface area (Å²) in [4.78, 5) is 13.2. The fraction of sp³-hybridized carbons (Fsp3) is 0.364. The van der Waals surface area contributed by atoms with E-state index in [1.54, 1.807) is 25.1 Å². The van der Waals surface area contributed by atoms with Gasteiger partial charge in [-0.1, -0.05) is 49.7 Å². The molecule has 32 heavy (non-hydrogen) atoms. The summed E-state index contributed by atoms with van der Waals surface area (Å²) in [6.45, 7) is 0.999. The van der Waals surface area contributed by atoms with Crippen molar-refractivity contribution in [3.63, 3.8) is 0 Å². The van der Waals surface area contributed by atoms with Gasteiger partial charge in [-0.3, -0.25) is 4.79 Å². The molecule has 2 rings (SSSR count). The number of amides is 1. The van der Waals surface area contributed by atoms with Gasteiger partial charge in [0.2, 0.25) is 5.91 Å². The second-order valence-corrected chi connectivity index (χ2v) is 9.40.